The quantitative estimate of drug-likeness (QED) is 0.618. The van der Waals surface area contributed by atoms with Gasteiger partial charge in [0.15, 0.2) is 0 Å². The molecule has 1 aliphatic rings. The van der Waals surface area contributed by atoms with E-state index >= 15 is 0 Å². The molecule has 80 valence electrons. The van der Waals surface area contributed by atoms with Crippen molar-refractivity contribution < 1.29 is 14.3 Å². The fourth-order valence-corrected chi connectivity index (χ4v) is 1.72. The molecule has 1 amide bonds. The predicted molar refractivity (Wildman–Crippen MR) is 51.8 cm³/mol. The van der Waals surface area contributed by atoms with Crippen molar-refractivity contribution in [2.75, 3.05) is 20.3 Å². The first-order valence-electron chi connectivity index (χ1n) is 4.90. The first-order valence-corrected chi connectivity index (χ1v) is 4.90. The average molecular weight is 199 g/mol. The molecule has 0 radical (unpaired) electrons. The Kier molecular flexibility index (Phi) is 3.63. The highest BCUT2D eigenvalue weighted by atomic mass is 16.5. The van der Waals surface area contributed by atoms with E-state index in [0.717, 1.165) is 0 Å². The average Bonchev–Trinajstić information content (AvgIpc) is 2.44. The fourth-order valence-electron chi connectivity index (χ4n) is 1.72. The van der Waals surface area contributed by atoms with Crippen LogP contribution in [0.4, 0.5) is 0 Å². The number of nitrogens with zero attached hydrogens (tertiary/aromatic N) is 1. The van der Waals surface area contributed by atoms with Gasteiger partial charge in [-0.1, -0.05) is 13.8 Å². The van der Waals surface area contributed by atoms with Crippen LogP contribution in [0.3, 0.4) is 0 Å². The molecule has 1 saturated heterocycles. The SMILES string of the molecule is COCC(C(C)C)N1CCC(=O)C1=O. The smallest absolute Gasteiger partial charge is 0.290 e. The number of amides is 1. The molecule has 1 fully saturated rings. The largest absolute Gasteiger partial charge is 0.383 e. The fraction of sp³-hybridized carbons (Fsp3) is 0.800. The molecule has 0 aromatic heterocycles. The van der Waals surface area contributed by atoms with Crippen LogP contribution in [0, 0.1) is 5.92 Å². The lowest BCUT2D eigenvalue weighted by Gasteiger charge is -2.29. The molecule has 1 heterocycles. The first-order chi connectivity index (χ1) is 6.57. The van der Waals surface area contributed by atoms with Gasteiger partial charge in [0.1, 0.15) is 0 Å². The van der Waals surface area contributed by atoms with Crippen LogP contribution in [0.25, 0.3) is 0 Å². The van der Waals surface area contributed by atoms with Crippen molar-refractivity contribution in [1.29, 1.82) is 0 Å². The van der Waals surface area contributed by atoms with Gasteiger partial charge < -0.3 is 9.64 Å². The molecule has 1 unspecified atom stereocenters. The van der Waals surface area contributed by atoms with Crippen molar-refractivity contribution in [1.82, 2.24) is 4.90 Å². The summed E-state index contributed by atoms with van der Waals surface area (Å²) in [6.45, 7) is 5.10. The molecular weight excluding hydrogens is 182 g/mol. The Morgan fingerprint density at radius 2 is 2.07 bits per heavy atom. The molecule has 0 spiro atoms. The number of ketones is 1. The number of carbonyl (C=O) groups is 2. The Labute approximate surface area is 84.2 Å². The second kappa shape index (κ2) is 4.55. The van der Waals surface area contributed by atoms with Crippen LogP contribution in [-0.4, -0.2) is 42.9 Å². The molecule has 0 bridgehead atoms. The molecule has 0 aromatic rings. The third kappa shape index (κ3) is 2.12. The first kappa shape index (κ1) is 11.2. The zero-order valence-corrected chi connectivity index (χ0v) is 8.95. The van der Waals surface area contributed by atoms with Crippen molar-refractivity contribution in [3.8, 4) is 0 Å². The van der Waals surface area contributed by atoms with Crippen LogP contribution in [0.2, 0.25) is 0 Å². The topological polar surface area (TPSA) is 46.6 Å². The Morgan fingerprint density at radius 3 is 2.43 bits per heavy atom. The minimum absolute atomic E-state index is 0.0268. The summed E-state index contributed by atoms with van der Waals surface area (Å²) in [4.78, 5) is 24.2. The maximum Gasteiger partial charge on any atom is 0.290 e. The van der Waals surface area contributed by atoms with E-state index in [9.17, 15) is 9.59 Å². The highest BCUT2D eigenvalue weighted by Gasteiger charge is 2.35. The number of methoxy groups -OCH3 is 1. The van der Waals surface area contributed by atoms with Gasteiger partial charge in [0.25, 0.3) is 5.91 Å². The Hall–Kier alpha value is -0.900. The summed E-state index contributed by atoms with van der Waals surface area (Å²) in [5.74, 6) is -0.308. The van der Waals surface area contributed by atoms with Gasteiger partial charge in [-0.2, -0.15) is 0 Å². The highest BCUT2D eigenvalue weighted by Crippen LogP contribution is 2.17. The summed E-state index contributed by atoms with van der Waals surface area (Å²) >= 11 is 0. The van der Waals surface area contributed by atoms with Crippen molar-refractivity contribution in [2.45, 2.75) is 26.3 Å². The molecular formula is C10H17NO3. The van der Waals surface area contributed by atoms with E-state index in [1.165, 1.54) is 0 Å². The molecule has 4 heteroatoms. The second-order valence-corrected chi connectivity index (χ2v) is 3.94. The Balaban J connectivity index is 2.69. The van der Waals surface area contributed by atoms with Crippen molar-refractivity contribution in [3.63, 3.8) is 0 Å². The molecule has 4 nitrogen and oxygen atoms in total. The molecule has 0 aromatic carbocycles. The monoisotopic (exact) mass is 199 g/mol. The van der Waals surface area contributed by atoms with Gasteiger partial charge in [-0.25, -0.2) is 0 Å². The lowest BCUT2D eigenvalue weighted by Crippen LogP contribution is -2.43. The lowest BCUT2D eigenvalue weighted by atomic mass is 10.0. The van der Waals surface area contributed by atoms with Crippen molar-refractivity contribution in [2.24, 2.45) is 5.92 Å². The summed E-state index contributed by atoms with van der Waals surface area (Å²) in [6, 6.07) is 0.0268. The van der Waals surface area contributed by atoms with Crippen LogP contribution < -0.4 is 0 Å². The zero-order valence-electron chi connectivity index (χ0n) is 8.95. The van der Waals surface area contributed by atoms with E-state index in [4.69, 9.17) is 4.74 Å². The Bertz CT molecular complexity index is 238. The maximum atomic E-state index is 11.4. The number of likely N-dealkylation sites (tertiary alicyclic amines) is 1. The van der Waals surface area contributed by atoms with Gasteiger partial charge in [-0.05, 0) is 5.92 Å². The summed E-state index contributed by atoms with van der Waals surface area (Å²) in [6.07, 6.45) is 0.353. The van der Waals surface area contributed by atoms with Crippen LogP contribution in [0.15, 0.2) is 0 Å². The molecule has 14 heavy (non-hydrogen) atoms. The van der Waals surface area contributed by atoms with Crippen LogP contribution in [-0.2, 0) is 14.3 Å². The third-order valence-corrected chi connectivity index (χ3v) is 2.59. The molecule has 1 rings (SSSR count). The number of rotatable bonds is 4. The van der Waals surface area contributed by atoms with Crippen molar-refractivity contribution in [3.05, 3.63) is 0 Å². The number of hydrogen-bond acceptors (Lipinski definition) is 3. The van der Waals surface area contributed by atoms with E-state index in [1.807, 2.05) is 13.8 Å². The zero-order chi connectivity index (χ0) is 10.7. The number of ether oxygens (including phenoxy) is 1. The van der Waals surface area contributed by atoms with Crippen molar-refractivity contribution >= 4 is 11.7 Å². The summed E-state index contributed by atoms with van der Waals surface area (Å²) in [5, 5.41) is 0. The van der Waals surface area contributed by atoms with Crippen LogP contribution in [0.5, 0.6) is 0 Å². The standard InChI is InChI=1S/C10H17NO3/c1-7(2)8(6-14-3)11-5-4-9(12)10(11)13/h7-8H,4-6H2,1-3H3. The highest BCUT2D eigenvalue weighted by molar-refractivity contribution is 6.37. The normalized spacial score (nSPS) is 19.6. The minimum Gasteiger partial charge on any atom is -0.383 e. The van der Waals surface area contributed by atoms with E-state index < -0.39 is 0 Å². The maximum absolute atomic E-state index is 11.4. The Morgan fingerprint density at radius 1 is 1.43 bits per heavy atom. The number of Topliss-reactive ketones (excluding diaryl/α,β-unsaturated/α-hetero) is 1. The second-order valence-electron chi connectivity index (χ2n) is 3.94. The van der Waals surface area contributed by atoms with Gasteiger partial charge in [0.05, 0.1) is 12.6 Å². The molecule has 1 atom stereocenters. The van der Waals surface area contributed by atoms with E-state index in [2.05, 4.69) is 0 Å². The molecule has 0 saturated carbocycles. The van der Waals surface area contributed by atoms with Gasteiger partial charge in [-0.3, -0.25) is 9.59 Å². The summed E-state index contributed by atoms with van der Waals surface area (Å²) in [5.41, 5.74) is 0. The van der Waals surface area contributed by atoms with E-state index in [0.29, 0.717) is 25.5 Å². The van der Waals surface area contributed by atoms with E-state index in [1.54, 1.807) is 12.0 Å². The van der Waals surface area contributed by atoms with Crippen LogP contribution in [0.1, 0.15) is 20.3 Å². The summed E-state index contributed by atoms with van der Waals surface area (Å²) < 4.78 is 5.06. The van der Waals surface area contributed by atoms with Gasteiger partial charge in [0, 0.05) is 20.1 Å². The van der Waals surface area contributed by atoms with Gasteiger partial charge >= 0.3 is 0 Å². The number of carbonyl (C=O) groups excluding carboxylic acids is 2. The predicted octanol–water partition coefficient (Wildman–Crippen LogP) is 0.459. The third-order valence-electron chi connectivity index (χ3n) is 2.59. The van der Waals surface area contributed by atoms with E-state index in [-0.39, 0.29) is 17.7 Å². The van der Waals surface area contributed by atoms with Gasteiger partial charge in [-0.15, -0.1) is 0 Å². The number of hydrogen-bond donors (Lipinski definition) is 0. The molecule has 0 aliphatic carbocycles. The summed E-state index contributed by atoms with van der Waals surface area (Å²) in [7, 11) is 1.61. The minimum atomic E-state index is -0.347. The lowest BCUT2D eigenvalue weighted by molar-refractivity contribution is -0.142. The van der Waals surface area contributed by atoms with Gasteiger partial charge in [0.2, 0.25) is 5.78 Å². The van der Waals surface area contributed by atoms with Crippen LogP contribution >= 0.6 is 0 Å². The molecule has 1 aliphatic heterocycles. The molecule has 0 N–H and O–H groups in total.